The van der Waals surface area contributed by atoms with Crippen molar-refractivity contribution in [3.63, 3.8) is 0 Å². The normalized spacial score (nSPS) is 10.2. The second-order valence-electron chi connectivity index (χ2n) is 4.23. The van der Waals surface area contributed by atoms with Crippen LogP contribution in [0, 0.1) is 6.92 Å². The molecule has 3 aromatic rings. The Balaban J connectivity index is 0.00000147. The monoisotopic (exact) mass is 445 g/mol. The summed E-state index contributed by atoms with van der Waals surface area (Å²) in [6.07, 6.45) is 1.64. The molecule has 0 spiro atoms. The van der Waals surface area contributed by atoms with Gasteiger partial charge in [-0.3, -0.25) is 14.6 Å². The zero-order chi connectivity index (χ0) is 13.4. The molecule has 0 aliphatic rings. The van der Waals surface area contributed by atoms with Crippen LogP contribution in [0.4, 0.5) is 0 Å². The molecule has 5 nitrogen and oxygen atoms in total. The summed E-state index contributed by atoms with van der Waals surface area (Å²) in [5, 5.41) is 1.85. The zero-order valence-electron chi connectivity index (χ0n) is 10.5. The number of nitrogens with one attached hydrogen (secondary N) is 1. The minimum atomic E-state index is -0.652. The van der Waals surface area contributed by atoms with Crippen LogP contribution < -0.4 is 16.2 Å². The zero-order valence-corrected chi connectivity index (χ0v) is 12.9. The quantitative estimate of drug-likeness (QED) is 0.612. The SMILES string of the molecule is Cc1c(-c2nccc3ccccc23)[n-]c(=O)[nH]c1=O.[Ir]. The molecule has 0 unspecified atom stereocenters. The van der Waals surface area contributed by atoms with Crippen LogP contribution in [0.15, 0.2) is 46.1 Å². The van der Waals surface area contributed by atoms with Crippen molar-refractivity contribution in [2.24, 2.45) is 0 Å². The molecular formula is C14H10IrN3O2-. The molecule has 1 aromatic carbocycles. The second kappa shape index (κ2) is 5.53. The molecule has 0 saturated carbocycles. The number of H-pyrrole nitrogens is 1. The summed E-state index contributed by atoms with van der Waals surface area (Å²) in [6.45, 7) is 1.63. The molecule has 0 amide bonds. The van der Waals surface area contributed by atoms with Crippen molar-refractivity contribution in [1.29, 1.82) is 0 Å². The van der Waals surface area contributed by atoms with Crippen LogP contribution in [0.1, 0.15) is 5.56 Å². The number of nitrogens with zero attached hydrogens (tertiary/aromatic N) is 2. The summed E-state index contributed by atoms with van der Waals surface area (Å²) in [7, 11) is 0. The van der Waals surface area contributed by atoms with Crippen molar-refractivity contribution in [2.45, 2.75) is 6.92 Å². The van der Waals surface area contributed by atoms with Gasteiger partial charge in [-0.25, -0.2) is 0 Å². The van der Waals surface area contributed by atoms with Gasteiger partial charge in [-0.15, -0.1) is 0 Å². The molecular weight excluding hydrogens is 434 g/mol. The van der Waals surface area contributed by atoms with E-state index in [4.69, 9.17) is 0 Å². The van der Waals surface area contributed by atoms with Crippen molar-refractivity contribution >= 4 is 10.8 Å². The van der Waals surface area contributed by atoms with Crippen molar-refractivity contribution in [1.82, 2.24) is 15.0 Å². The Kier molecular flexibility index (Phi) is 3.97. The number of aromatic amines is 1. The van der Waals surface area contributed by atoms with E-state index in [1.54, 1.807) is 13.1 Å². The molecule has 103 valence electrons. The number of rotatable bonds is 1. The number of fused-ring (bicyclic) bond motifs is 1. The van der Waals surface area contributed by atoms with Gasteiger partial charge in [0.15, 0.2) is 11.2 Å². The van der Waals surface area contributed by atoms with Gasteiger partial charge in [0.2, 0.25) is 0 Å². The Morgan fingerprint density at radius 2 is 1.90 bits per heavy atom. The first-order valence-electron chi connectivity index (χ1n) is 5.79. The molecule has 1 N–H and O–H groups in total. The average molecular weight is 444 g/mol. The molecule has 0 atom stereocenters. The third-order valence-corrected chi connectivity index (χ3v) is 3.03. The predicted octanol–water partition coefficient (Wildman–Crippen LogP) is 1.21. The predicted molar refractivity (Wildman–Crippen MR) is 72.1 cm³/mol. The van der Waals surface area contributed by atoms with Gasteiger partial charge in [-0.1, -0.05) is 24.3 Å². The van der Waals surface area contributed by atoms with Crippen molar-refractivity contribution in [3.8, 4) is 11.4 Å². The standard InChI is InChI=1S/C14H11N3O2.Ir/c1-8-11(16-14(19)17-13(8)18)12-10-5-3-2-4-9(10)6-7-15-12;/h2-7H,1H3,(H2,16,17,18,19);/p-1. The first kappa shape index (κ1) is 14.4. The number of hydrogen-bond acceptors (Lipinski definition) is 3. The third-order valence-electron chi connectivity index (χ3n) is 3.03. The van der Waals surface area contributed by atoms with Crippen LogP contribution in [-0.2, 0) is 20.1 Å². The number of benzene rings is 1. The van der Waals surface area contributed by atoms with Crippen LogP contribution in [0.3, 0.4) is 0 Å². The number of hydrogen-bond donors (Lipinski definition) is 1. The maximum Gasteiger partial charge on any atom is 0.174 e. The Labute approximate surface area is 127 Å². The minimum absolute atomic E-state index is 0. The van der Waals surface area contributed by atoms with Crippen LogP contribution >= 0.6 is 0 Å². The smallest absolute Gasteiger partial charge is 0.174 e. The van der Waals surface area contributed by atoms with Crippen LogP contribution in [-0.4, -0.2) is 9.97 Å². The van der Waals surface area contributed by atoms with Gasteiger partial charge in [0.1, 0.15) is 0 Å². The van der Waals surface area contributed by atoms with Crippen molar-refractivity contribution in [3.05, 3.63) is 62.9 Å². The molecule has 6 heteroatoms. The maximum atomic E-state index is 11.6. The van der Waals surface area contributed by atoms with Crippen molar-refractivity contribution < 1.29 is 20.1 Å². The van der Waals surface area contributed by atoms with Crippen LogP contribution in [0.5, 0.6) is 0 Å². The van der Waals surface area contributed by atoms with E-state index in [1.165, 1.54) is 0 Å². The van der Waals surface area contributed by atoms with E-state index in [9.17, 15) is 9.59 Å². The number of aromatic nitrogens is 3. The molecule has 2 aromatic heterocycles. The van der Waals surface area contributed by atoms with Gasteiger partial charge < -0.3 is 9.97 Å². The molecule has 0 aliphatic heterocycles. The maximum absolute atomic E-state index is 11.6. The Bertz CT molecular complexity index is 878. The fraction of sp³-hybridized carbons (Fsp3) is 0.0714. The molecule has 1 radical (unpaired) electrons. The van der Waals surface area contributed by atoms with Crippen LogP contribution in [0.2, 0.25) is 0 Å². The molecule has 3 rings (SSSR count). The number of pyridine rings is 1. The van der Waals surface area contributed by atoms with Crippen molar-refractivity contribution in [2.75, 3.05) is 0 Å². The summed E-state index contributed by atoms with van der Waals surface area (Å²) in [6, 6.07) is 9.52. The molecule has 0 fully saturated rings. The fourth-order valence-electron chi connectivity index (χ4n) is 2.05. The van der Waals surface area contributed by atoms with Gasteiger partial charge in [-0.05, 0) is 29.6 Å². The van der Waals surface area contributed by atoms with E-state index < -0.39 is 11.2 Å². The van der Waals surface area contributed by atoms with E-state index in [2.05, 4.69) is 15.0 Å². The average Bonchev–Trinajstić information content (AvgIpc) is 2.42. The van der Waals surface area contributed by atoms with E-state index >= 15 is 0 Å². The minimum Gasteiger partial charge on any atom is -0.398 e. The van der Waals surface area contributed by atoms with Gasteiger partial charge in [-0.2, -0.15) is 0 Å². The Morgan fingerprint density at radius 1 is 1.15 bits per heavy atom. The van der Waals surface area contributed by atoms with E-state index in [0.717, 1.165) is 10.8 Å². The fourth-order valence-corrected chi connectivity index (χ4v) is 2.05. The first-order chi connectivity index (χ1) is 9.16. The molecule has 0 bridgehead atoms. The first-order valence-corrected chi connectivity index (χ1v) is 5.79. The summed E-state index contributed by atoms with van der Waals surface area (Å²) >= 11 is 0. The van der Waals surface area contributed by atoms with Crippen LogP contribution in [0.25, 0.3) is 22.2 Å². The van der Waals surface area contributed by atoms with Gasteiger partial charge in [0.05, 0.1) is 5.69 Å². The second-order valence-corrected chi connectivity index (χ2v) is 4.23. The van der Waals surface area contributed by atoms with Gasteiger partial charge in [0.25, 0.3) is 0 Å². The van der Waals surface area contributed by atoms with Gasteiger partial charge >= 0.3 is 0 Å². The summed E-state index contributed by atoms with van der Waals surface area (Å²) in [5.74, 6) is 0. The molecule has 20 heavy (non-hydrogen) atoms. The summed E-state index contributed by atoms with van der Waals surface area (Å²) in [4.78, 5) is 33.3. The Hall–Kier alpha value is -2.04. The van der Waals surface area contributed by atoms with E-state index in [1.807, 2.05) is 30.3 Å². The Morgan fingerprint density at radius 3 is 2.70 bits per heavy atom. The van der Waals surface area contributed by atoms with E-state index in [0.29, 0.717) is 17.0 Å². The molecule has 0 saturated heterocycles. The van der Waals surface area contributed by atoms with E-state index in [-0.39, 0.29) is 20.1 Å². The summed E-state index contributed by atoms with van der Waals surface area (Å²) in [5.41, 5.74) is 0.206. The van der Waals surface area contributed by atoms with Gasteiger partial charge in [0, 0.05) is 31.7 Å². The largest absolute Gasteiger partial charge is 0.398 e. The molecule has 0 aliphatic carbocycles. The summed E-state index contributed by atoms with van der Waals surface area (Å²) < 4.78 is 0. The topological polar surface area (TPSA) is 76.9 Å². The third kappa shape index (κ3) is 2.35. The molecule has 2 heterocycles.